The Balaban J connectivity index is 2.10. The molecule has 4 atom stereocenters. The summed E-state index contributed by atoms with van der Waals surface area (Å²) in [6, 6.07) is 3.41. The minimum atomic E-state index is -0.104. The van der Waals surface area contributed by atoms with Crippen LogP contribution in [0.3, 0.4) is 0 Å². The molecule has 1 saturated carbocycles. The first-order valence-electron chi connectivity index (χ1n) is 7.74. The van der Waals surface area contributed by atoms with E-state index in [0.717, 1.165) is 18.4 Å². The molecular formula is C18H20Cl2O2. The van der Waals surface area contributed by atoms with Gasteiger partial charge in [-0.3, -0.25) is 4.79 Å². The predicted octanol–water partition coefficient (Wildman–Crippen LogP) is 5.45. The van der Waals surface area contributed by atoms with Crippen LogP contribution in [0.2, 0.25) is 10.0 Å². The third-order valence-electron chi connectivity index (χ3n) is 5.40. The fourth-order valence-corrected chi connectivity index (χ4v) is 4.64. The van der Waals surface area contributed by atoms with Crippen molar-refractivity contribution in [2.45, 2.75) is 33.6 Å². The molecule has 1 N–H and O–H groups in total. The van der Waals surface area contributed by atoms with Crippen molar-refractivity contribution in [2.24, 2.45) is 23.7 Å². The van der Waals surface area contributed by atoms with Gasteiger partial charge in [-0.05, 0) is 49.3 Å². The second kappa shape index (κ2) is 5.58. The predicted molar refractivity (Wildman–Crippen MR) is 90.3 cm³/mol. The SMILES string of the molecule is Cc1cc(Cl)cc(Cl)c1C1=C(O)C2CC(C)C(C)CC2C1=O. The second-order valence-corrected chi connectivity index (χ2v) is 7.69. The molecule has 0 aromatic heterocycles. The van der Waals surface area contributed by atoms with Crippen LogP contribution in [0.4, 0.5) is 0 Å². The normalized spacial score (nSPS) is 31.6. The molecule has 0 aliphatic heterocycles. The molecule has 1 fully saturated rings. The van der Waals surface area contributed by atoms with Gasteiger partial charge in [-0.25, -0.2) is 0 Å². The summed E-state index contributed by atoms with van der Waals surface area (Å²) in [5, 5.41) is 11.7. The summed E-state index contributed by atoms with van der Waals surface area (Å²) in [5.41, 5.74) is 1.88. The van der Waals surface area contributed by atoms with Crippen LogP contribution < -0.4 is 0 Å². The Bertz CT molecular complexity index is 655. The van der Waals surface area contributed by atoms with Gasteiger partial charge in [0.05, 0.1) is 10.6 Å². The van der Waals surface area contributed by atoms with Crippen molar-refractivity contribution in [2.75, 3.05) is 0 Å². The first-order valence-corrected chi connectivity index (χ1v) is 8.50. The summed E-state index contributed by atoms with van der Waals surface area (Å²) in [7, 11) is 0. The zero-order chi connectivity index (χ0) is 16.2. The number of hydrogen-bond donors (Lipinski definition) is 1. The van der Waals surface area contributed by atoms with E-state index < -0.39 is 0 Å². The summed E-state index contributed by atoms with van der Waals surface area (Å²) in [4.78, 5) is 12.9. The van der Waals surface area contributed by atoms with Crippen LogP contribution in [-0.2, 0) is 4.79 Å². The highest BCUT2D eigenvalue weighted by Gasteiger charge is 2.47. The molecule has 1 aromatic carbocycles. The number of allylic oxidation sites excluding steroid dienone is 2. The van der Waals surface area contributed by atoms with Crippen LogP contribution in [0, 0.1) is 30.6 Å². The van der Waals surface area contributed by atoms with Gasteiger partial charge in [0.15, 0.2) is 5.78 Å². The monoisotopic (exact) mass is 338 g/mol. The Morgan fingerprint density at radius 3 is 2.27 bits per heavy atom. The molecule has 118 valence electrons. The van der Waals surface area contributed by atoms with Crippen LogP contribution in [0.5, 0.6) is 0 Å². The van der Waals surface area contributed by atoms with Crippen molar-refractivity contribution in [1.29, 1.82) is 0 Å². The molecule has 0 heterocycles. The molecule has 22 heavy (non-hydrogen) atoms. The van der Waals surface area contributed by atoms with E-state index in [1.54, 1.807) is 12.1 Å². The van der Waals surface area contributed by atoms with Crippen LogP contribution >= 0.6 is 23.2 Å². The topological polar surface area (TPSA) is 37.3 Å². The number of hydrogen-bond acceptors (Lipinski definition) is 2. The summed E-state index contributed by atoms with van der Waals surface area (Å²) in [6.45, 7) is 6.24. The highest BCUT2D eigenvalue weighted by molar-refractivity contribution is 6.38. The Hall–Kier alpha value is -0.990. The fraction of sp³-hybridized carbons (Fsp3) is 0.500. The maximum atomic E-state index is 12.9. The lowest BCUT2D eigenvalue weighted by atomic mass is 9.70. The second-order valence-electron chi connectivity index (χ2n) is 6.84. The number of halogens is 2. The number of Topliss-reactive ketones (excluding diaryl/α,β-unsaturated/α-hetero) is 1. The number of rotatable bonds is 1. The first-order chi connectivity index (χ1) is 10.3. The number of carbonyl (C=O) groups is 1. The summed E-state index contributed by atoms with van der Waals surface area (Å²) in [5.74, 6) is 1.11. The van der Waals surface area contributed by atoms with Gasteiger partial charge in [0, 0.05) is 22.4 Å². The van der Waals surface area contributed by atoms with E-state index in [-0.39, 0.29) is 23.4 Å². The van der Waals surface area contributed by atoms with Crippen LogP contribution in [-0.4, -0.2) is 10.9 Å². The fourth-order valence-electron chi connectivity index (χ4n) is 3.95. The van der Waals surface area contributed by atoms with Crippen LogP contribution in [0.25, 0.3) is 5.57 Å². The maximum absolute atomic E-state index is 12.9. The summed E-state index contributed by atoms with van der Waals surface area (Å²) >= 11 is 12.3. The van der Waals surface area contributed by atoms with Gasteiger partial charge in [0.2, 0.25) is 0 Å². The van der Waals surface area contributed by atoms with Crippen LogP contribution in [0.1, 0.15) is 37.8 Å². The Kier molecular flexibility index (Phi) is 4.03. The van der Waals surface area contributed by atoms with E-state index in [1.165, 1.54) is 0 Å². The molecule has 0 saturated heterocycles. The summed E-state index contributed by atoms with van der Waals surface area (Å²) in [6.07, 6.45) is 1.69. The third kappa shape index (κ3) is 2.37. The van der Waals surface area contributed by atoms with E-state index >= 15 is 0 Å². The number of carbonyl (C=O) groups excluding carboxylic acids is 1. The molecule has 4 heteroatoms. The Morgan fingerprint density at radius 2 is 1.68 bits per heavy atom. The minimum Gasteiger partial charge on any atom is -0.511 e. The molecule has 2 aliphatic rings. The lowest BCUT2D eigenvalue weighted by Crippen LogP contribution is -2.30. The van der Waals surface area contributed by atoms with E-state index in [2.05, 4.69) is 13.8 Å². The number of aryl methyl sites for hydroxylation is 1. The van der Waals surface area contributed by atoms with Crippen molar-refractivity contribution in [3.05, 3.63) is 39.1 Å². The zero-order valence-electron chi connectivity index (χ0n) is 13.0. The van der Waals surface area contributed by atoms with Gasteiger partial charge >= 0.3 is 0 Å². The number of fused-ring (bicyclic) bond motifs is 1. The van der Waals surface area contributed by atoms with Crippen molar-refractivity contribution >= 4 is 34.6 Å². The smallest absolute Gasteiger partial charge is 0.170 e. The van der Waals surface area contributed by atoms with Gasteiger partial charge in [-0.2, -0.15) is 0 Å². The third-order valence-corrected chi connectivity index (χ3v) is 5.92. The molecule has 2 nitrogen and oxygen atoms in total. The Morgan fingerprint density at radius 1 is 1.09 bits per heavy atom. The van der Waals surface area contributed by atoms with E-state index in [1.807, 2.05) is 6.92 Å². The average molecular weight is 339 g/mol. The highest BCUT2D eigenvalue weighted by atomic mass is 35.5. The number of benzene rings is 1. The molecule has 0 bridgehead atoms. The minimum absolute atomic E-state index is 0.0357. The molecule has 1 aromatic rings. The Labute approximate surface area is 141 Å². The molecular weight excluding hydrogens is 319 g/mol. The van der Waals surface area contributed by atoms with E-state index in [9.17, 15) is 9.90 Å². The standard InChI is InChI=1S/C18H20Cl2O2/c1-8-5-12-13(6-9(8)2)18(22)16(17(12)21)15-10(3)4-11(19)7-14(15)20/h4,7-9,12-13,21H,5-6H2,1-3H3. The molecule has 0 radical (unpaired) electrons. The first kappa shape index (κ1) is 15.9. The van der Waals surface area contributed by atoms with Crippen molar-refractivity contribution in [3.8, 4) is 0 Å². The number of ketones is 1. The molecule has 4 unspecified atom stereocenters. The van der Waals surface area contributed by atoms with Gasteiger partial charge < -0.3 is 5.11 Å². The van der Waals surface area contributed by atoms with E-state index in [4.69, 9.17) is 23.2 Å². The van der Waals surface area contributed by atoms with Crippen LogP contribution in [0.15, 0.2) is 17.9 Å². The van der Waals surface area contributed by atoms with Crippen molar-refractivity contribution in [3.63, 3.8) is 0 Å². The van der Waals surface area contributed by atoms with Gasteiger partial charge in [-0.15, -0.1) is 0 Å². The lowest BCUT2D eigenvalue weighted by Gasteiger charge is -2.34. The van der Waals surface area contributed by atoms with Gasteiger partial charge in [-0.1, -0.05) is 37.0 Å². The molecule has 3 rings (SSSR count). The highest BCUT2D eigenvalue weighted by Crippen LogP contribution is 2.50. The number of aliphatic hydroxyl groups is 1. The lowest BCUT2D eigenvalue weighted by molar-refractivity contribution is -0.119. The number of aliphatic hydroxyl groups excluding tert-OH is 1. The molecule has 0 spiro atoms. The van der Waals surface area contributed by atoms with Crippen molar-refractivity contribution in [1.82, 2.24) is 0 Å². The zero-order valence-corrected chi connectivity index (χ0v) is 14.5. The quantitative estimate of drug-likeness (QED) is 0.738. The van der Waals surface area contributed by atoms with Gasteiger partial charge in [0.25, 0.3) is 0 Å². The molecule has 0 amide bonds. The van der Waals surface area contributed by atoms with E-state index in [0.29, 0.717) is 33.0 Å². The molecule has 2 aliphatic carbocycles. The maximum Gasteiger partial charge on any atom is 0.170 e. The van der Waals surface area contributed by atoms with Crippen molar-refractivity contribution < 1.29 is 9.90 Å². The average Bonchev–Trinajstić information content (AvgIpc) is 2.64. The largest absolute Gasteiger partial charge is 0.511 e. The summed E-state index contributed by atoms with van der Waals surface area (Å²) < 4.78 is 0. The van der Waals surface area contributed by atoms with Gasteiger partial charge in [0.1, 0.15) is 5.76 Å².